The van der Waals surface area contributed by atoms with E-state index in [1.165, 1.54) is 12.0 Å². The first-order chi connectivity index (χ1) is 8.85. The third-order valence-corrected chi connectivity index (χ3v) is 3.29. The van der Waals surface area contributed by atoms with Gasteiger partial charge in [-0.3, -0.25) is 4.90 Å². The molecule has 1 rings (SSSR count). The van der Waals surface area contributed by atoms with E-state index < -0.39 is 12.7 Å². The van der Waals surface area contributed by atoms with Crippen LogP contribution in [0.25, 0.3) is 0 Å². The SMILES string of the molecule is COc1ccc(Br)cc1CN(CCBr)CC(F)(F)F. The molecule has 0 atom stereocenters. The molecule has 0 amide bonds. The Labute approximate surface area is 127 Å². The Balaban J connectivity index is 2.86. The highest BCUT2D eigenvalue weighted by Gasteiger charge is 2.30. The Morgan fingerprint density at radius 1 is 1.32 bits per heavy atom. The van der Waals surface area contributed by atoms with Gasteiger partial charge in [-0.25, -0.2) is 0 Å². The van der Waals surface area contributed by atoms with Crippen molar-refractivity contribution in [1.82, 2.24) is 4.90 Å². The third kappa shape index (κ3) is 6.14. The Morgan fingerprint density at radius 3 is 2.53 bits per heavy atom. The number of hydrogen-bond donors (Lipinski definition) is 0. The van der Waals surface area contributed by atoms with Crippen molar-refractivity contribution in [2.24, 2.45) is 0 Å². The van der Waals surface area contributed by atoms with Crippen molar-refractivity contribution in [1.29, 1.82) is 0 Å². The van der Waals surface area contributed by atoms with Crippen LogP contribution in [-0.2, 0) is 6.54 Å². The Bertz CT molecular complexity index is 412. The first kappa shape index (κ1) is 16.8. The van der Waals surface area contributed by atoms with Crippen molar-refractivity contribution in [2.75, 3.05) is 25.5 Å². The van der Waals surface area contributed by atoms with Crippen molar-refractivity contribution in [3.63, 3.8) is 0 Å². The predicted molar refractivity (Wildman–Crippen MR) is 75.8 cm³/mol. The van der Waals surface area contributed by atoms with E-state index in [1.807, 2.05) is 0 Å². The molecule has 2 nitrogen and oxygen atoms in total. The monoisotopic (exact) mass is 403 g/mol. The van der Waals surface area contributed by atoms with Gasteiger partial charge in [-0.15, -0.1) is 0 Å². The van der Waals surface area contributed by atoms with E-state index in [2.05, 4.69) is 31.9 Å². The molecular formula is C12H14Br2F3NO. The zero-order valence-corrected chi connectivity index (χ0v) is 13.5. The molecule has 0 saturated heterocycles. The first-order valence-electron chi connectivity index (χ1n) is 5.53. The quantitative estimate of drug-likeness (QED) is 0.658. The van der Waals surface area contributed by atoms with Crippen LogP contribution in [0.2, 0.25) is 0 Å². The van der Waals surface area contributed by atoms with Crippen molar-refractivity contribution < 1.29 is 17.9 Å². The molecule has 108 valence electrons. The summed E-state index contributed by atoms with van der Waals surface area (Å²) in [5.74, 6) is 0.588. The average molecular weight is 405 g/mol. The third-order valence-electron chi connectivity index (χ3n) is 2.44. The van der Waals surface area contributed by atoms with E-state index >= 15 is 0 Å². The molecule has 0 heterocycles. The fourth-order valence-electron chi connectivity index (χ4n) is 1.70. The molecule has 1 aromatic rings. The van der Waals surface area contributed by atoms with Gasteiger partial charge in [-0.05, 0) is 18.2 Å². The summed E-state index contributed by atoms with van der Waals surface area (Å²) < 4.78 is 43.5. The smallest absolute Gasteiger partial charge is 0.401 e. The summed E-state index contributed by atoms with van der Waals surface area (Å²) >= 11 is 6.48. The van der Waals surface area contributed by atoms with Crippen LogP contribution in [0.1, 0.15) is 5.56 Å². The van der Waals surface area contributed by atoms with Gasteiger partial charge in [0.25, 0.3) is 0 Å². The van der Waals surface area contributed by atoms with E-state index in [-0.39, 0.29) is 6.54 Å². The van der Waals surface area contributed by atoms with Crippen LogP contribution in [0.3, 0.4) is 0 Å². The highest BCUT2D eigenvalue weighted by Crippen LogP contribution is 2.26. The summed E-state index contributed by atoms with van der Waals surface area (Å²) in [6.45, 7) is -0.433. The van der Waals surface area contributed by atoms with Gasteiger partial charge in [0.1, 0.15) is 5.75 Å². The van der Waals surface area contributed by atoms with Crippen LogP contribution in [-0.4, -0.2) is 36.6 Å². The second kappa shape index (κ2) is 7.50. The molecule has 0 aliphatic heterocycles. The number of methoxy groups -OCH3 is 1. The summed E-state index contributed by atoms with van der Waals surface area (Å²) in [5, 5.41) is 0.486. The number of hydrogen-bond acceptors (Lipinski definition) is 2. The second-order valence-corrected chi connectivity index (χ2v) is 5.68. The van der Waals surface area contributed by atoms with Gasteiger partial charge in [0.05, 0.1) is 13.7 Å². The van der Waals surface area contributed by atoms with Crippen LogP contribution in [0.4, 0.5) is 13.2 Å². The maximum absolute atomic E-state index is 12.5. The lowest BCUT2D eigenvalue weighted by atomic mass is 10.2. The van der Waals surface area contributed by atoms with E-state index in [0.717, 1.165) is 10.0 Å². The lowest BCUT2D eigenvalue weighted by Crippen LogP contribution is -2.35. The minimum Gasteiger partial charge on any atom is -0.496 e. The van der Waals surface area contributed by atoms with Gasteiger partial charge in [0, 0.05) is 28.5 Å². The van der Waals surface area contributed by atoms with Gasteiger partial charge in [0.2, 0.25) is 0 Å². The van der Waals surface area contributed by atoms with E-state index in [1.54, 1.807) is 18.2 Å². The molecule has 0 aliphatic carbocycles. The van der Waals surface area contributed by atoms with Crippen LogP contribution in [0.15, 0.2) is 22.7 Å². The summed E-state index contributed by atoms with van der Waals surface area (Å²) in [7, 11) is 1.51. The average Bonchev–Trinajstić information content (AvgIpc) is 2.27. The fourth-order valence-corrected chi connectivity index (χ4v) is 2.61. The molecule has 0 aliphatic rings. The number of benzene rings is 1. The first-order valence-corrected chi connectivity index (χ1v) is 7.44. The minimum absolute atomic E-state index is 0.188. The Morgan fingerprint density at radius 2 is 2.00 bits per heavy atom. The van der Waals surface area contributed by atoms with Crippen molar-refractivity contribution >= 4 is 31.9 Å². The van der Waals surface area contributed by atoms with Crippen molar-refractivity contribution in [3.05, 3.63) is 28.2 Å². The summed E-state index contributed by atoms with van der Waals surface area (Å²) in [4.78, 5) is 1.33. The lowest BCUT2D eigenvalue weighted by molar-refractivity contribution is -0.146. The van der Waals surface area contributed by atoms with Gasteiger partial charge in [-0.2, -0.15) is 13.2 Å². The van der Waals surface area contributed by atoms with Crippen LogP contribution in [0, 0.1) is 0 Å². The zero-order valence-electron chi connectivity index (χ0n) is 10.3. The highest BCUT2D eigenvalue weighted by atomic mass is 79.9. The number of alkyl halides is 4. The number of ether oxygens (including phenoxy) is 1. The number of rotatable bonds is 6. The molecule has 0 N–H and O–H groups in total. The molecule has 0 bridgehead atoms. The molecule has 0 radical (unpaired) electrons. The zero-order chi connectivity index (χ0) is 14.5. The maximum Gasteiger partial charge on any atom is 0.401 e. The minimum atomic E-state index is -4.21. The maximum atomic E-state index is 12.5. The van der Waals surface area contributed by atoms with Crippen LogP contribution >= 0.6 is 31.9 Å². The molecule has 7 heteroatoms. The summed E-state index contributed by atoms with van der Waals surface area (Å²) in [5.41, 5.74) is 0.724. The predicted octanol–water partition coefficient (Wildman–Crippen LogP) is 4.22. The molecule has 1 aromatic carbocycles. The lowest BCUT2D eigenvalue weighted by Gasteiger charge is -2.23. The fraction of sp³-hybridized carbons (Fsp3) is 0.500. The van der Waals surface area contributed by atoms with E-state index in [0.29, 0.717) is 17.6 Å². The van der Waals surface area contributed by atoms with Gasteiger partial charge in [0.15, 0.2) is 0 Å². The Hall–Kier alpha value is -0.270. The topological polar surface area (TPSA) is 12.5 Å². The highest BCUT2D eigenvalue weighted by molar-refractivity contribution is 9.10. The standard InChI is InChI=1S/C12H14Br2F3NO/c1-19-11-3-2-10(14)6-9(11)7-18(5-4-13)8-12(15,16)17/h2-3,6H,4-5,7-8H2,1H3. The van der Waals surface area contributed by atoms with Crippen LogP contribution < -0.4 is 4.74 Å². The van der Waals surface area contributed by atoms with Gasteiger partial charge < -0.3 is 4.74 Å². The molecular weight excluding hydrogens is 391 g/mol. The van der Waals surface area contributed by atoms with Gasteiger partial charge in [-0.1, -0.05) is 31.9 Å². The molecule has 0 saturated carbocycles. The second-order valence-electron chi connectivity index (χ2n) is 3.97. The summed E-state index contributed by atoms with van der Waals surface area (Å²) in [6, 6.07) is 5.30. The Kier molecular flexibility index (Phi) is 6.62. The van der Waals surface area contributed by atoms with Crippen LogP contribution in [0.5, 0.6) is 5.75 Å². The largest absolute Gasteiger partial charge is 0.496 e. The number of nitrogens with zero attached hydrogens (tertiary/aromatic N) is 1. The molecule has 0 fully saturated rings. The van der Waals surface area contributed by atoms with Gasteiger partial charge >= 0.3 is 6.18 Å². The van der Waals surface area contributed by atoms with Crippen molar-refractivity contribution in [2.45, 2.75) is 12.7 Å². The summed E-state index contributed by atoms with van der Waals surface area (Å²) in [6.07, 6.45) is -4.21. The van der Waals surface area contributed by atoms with Crippen molar-refractivity contribution in [3.8, 4) is 5.75 Å². The molecule has 19 heavy (non-hydrogen) atoms. The normalized spacial score (nSPS) is 11.9. The number of halogens is 5. The molecule has 0 spiro atoms. The van der Waals surface area contributed by atoms with E-state index in [9.17, 15) is 13.2 Å². The molecule has 0 aromatic heterocycles. The van der Waals surface area contributed by atoms with E-state index in [4.69, 9.17) is 4.74 Å². The molecule has 0 unspecified atom stereocenters.